The Bertz CT molecular complexity index is 251. The molecule has 2 rings (SSSR count). The minimum atomic E-state index is -0.383. The lowest BCUT2D eigenvalue weighted by atomic mass is 9.85. The Morgan fingerprint density at radius 1 is 1.50 bits per heavy atom. The molecule has 0 aliphatic carbocycles. The highest BCUT2D eigenvalue weighted by molar-refractivity contribution is 5.93. The highest BCUT2D eigenvalue weighted by Crippen LogP contribution is 2.36. The van der Waals surface area contributed by atoms with Crippen LogP contribution in [0.1, 0.15) is 12.8 Å². The first-order valence-corrected chi connectivity index (χ1v) is 4.16. The molecule has 4 heteroatoms. The number of carbonyl (C=O) groups excluding carboxylic acids is 2. The Morgan fingerprint density at radius 3 is 2.67 bits per heavy atom. The Morgan fingerprint density at radius 2 is 2.25 bits per heavy atom. The average molecular weight is 168 g/mol. The molecule has 4 nitrogen and oxygen atoms in total. The molecule has 0 aromatic heterocycles. The number of hydrogen-bond acceptors (Lipinski definition) is 2. The summed E-state index contributed by atoms with van der Waals surface area (Å²) < 4.78 is 0. The molecule has 0 bridgehead atoms. The molecule has 2 amide bonds. The SMILES string of the molecule is CN1CCC2(CNC(=O)C2)C1=O. The number of rotatable bonds is 0. The second kappa shape index (κ2) is 2.21. The summed E-state index contributed by atoms with van der Waals surface area (Å²) in [6, 6.07) is 0. The van der Waals surface area contributed by atoms with Gasteiger partial charge in [0.2, 0.25) is 11.8 Å². The predicted octanol–water partition coefficient (Wildman–Crippen LogP) is -0.645. The molecule has 0 aromatic carbocycles. The quantitative estimate of drug-likeness (QED) is 0.523. The van der Waals surface area contributed by atoms with Crippen LogP contribution in [0, 0.1) is 5.41 Å². The highest BCUT2D eigenvalue weighted by Gasteiger charge is 2.50. The maximum atomic E-state index is 11.6. The first-order chi connectivity index (χ1) is 5.64. The Labute approximate surface area is 70.9 Å². The van der Waals surface area contributed by atoms with E-state index >= 15 is 0 Å². The van der Waals surface area contributed by atoms with Crippen molar-refractivity contribution in [2.24, 2.45) is 5.41 Å². The molecule has 2 aliphatic heterocycles. The van der Waals surface area contributed by atoms with Gasteiger partial charge in [-0.25, -0.2) is 0 Å². The van der Waals surface area contributed by atoms with Gasteiger partial charge in [0, 0.05) is 26.6 Å². The van der Waals surface area contributed by atoms with Crippen molar-refractivity contribution in [3.05, 3.63) is 0 Å². The number of likely N-dealkylation sites (tertiary alicyclic amines) is 1. The van der Waals surface area contributed by atoms with Gasteiger partial charge in [-0.1, -0.05) is 0 Å². The molecular weight excluding hydrogens is 156 g/mol. The van der Waals surface area contributed by atoms with Crippen LogP contribution < -0.4 is 5.32 Å². The molecule has 2 heterocycles. The second-order valence-electron chi connectivity index (χ2n) is 3.71. The largest absolute Gasteiger partial charge is 0.355 e. The topological polar surface area (TPSA) is 49.4 Å². The Kier molecular flexibility index (Phi) is 1.40. The van der Waals surface area contributed by atoms with Gasteiger partial charge in [0.05, 0.1) is 5.41 Å². The van der Waals surface area contributed by atoms with Crippen LogP contribution in [0.2, 0.25) is 0 Å². The fourth-order valence-electron chi connectivity index (χ4n) is 2.02. The summed E-state index contributed by atoms with van der Waals surface area (Å²) in [7, 11) is 1.79. The van der Waals surface area contributed by atoms with Crippen LogP contribution in [0.15, 0.2) is 0 Å². The minimum absolute atomic E-state index is 0.0126. The van der Waals surface area contributed by atoms with Crippen LogP contribution in [-0.2, 0) is 9.59 Å². The smallest absolute Gasteiger partial charge is 0.230 e. The molecule has 2 saturated heterocycles. The van der Waals surface area contributed by atoms with Crippen LogP contribution >= 0.6 is 0 Å². The summed E-state index contributed by atoms with van der Waals surface area (Å²) in [4.78, 5) is 24.3. The predicted molar refractivity (Wildman–Crippen MR) is 42.3 cm³/mol. The summed E-state index contributed by atoms with van der Waals surface area (Å²) in [6.07, 6.45) is 1.21. The van der Waals surface area contributed by atoms with E-state index in [2.05, 4.69) is 5.32 Å². The molecule has 2 fully saturated rings. The van der Waals surface area contributed by atoms with E-state index in [1.807, 2.05) is 0 Å². The van der Waals surface area contributed by atoms with Crippen molar-refractivity contribution < 1.29 is 9.59 Å². The fraction of sp³-hybridized carbons (Fsp3) is 0.750. The van der Waals surface area contributed by atoms with E-state index in [0.717, 1.165) is 13.0 Å². The first kappa shape index (κ1) is 7.58. The summed E-state index contributed by atoms with van der Waals surface area (Å²) in [6.45, 7) is 1.32. The van der Waals surface area contributed by atoms with E-state index in [-0.39, 0.29) is 17.2 Å². The lowest BCUT2D eigenvalue weighted by Gasteiger charge is -2.17. The maximum absolute atomic E-state index is 11.6. The molecule has 1 atom stereocenters. The van der Waals surface area contributed by atoms with Crippen LogP contribution in [0.4, 0.5) is 0 Å². The number of amides is 2. The van der Waals surface area contributed by atoms with E-state index in [1.54, 1.807) is 11.9 Å². The first-order valence-electron chi connectivity index (χ1n) is 4.16. The summed E-state index contributed by atoms with van der Waals surface area (Å²) in [5.41, 5.74) is -0.383. The van der Waals surface area contributed by atoms with Crippen LogP contribution in [0.25, 0.3) is 0 Å². The molecule has 1 N–H and O–H groups in total. The molecule has 2 aliphatic rings. The fourth-order valence-corrected chi connectivity index (χ4v) is 2.02. The van der Waals surface area contributed by atoms with Gasteiger partial charge in [-0.3, -0.25) is 9.59 Å². The van der Waals surface area contributed by atoms with Gasteiger partial charge in [-0.15, -0.1) is 0 Å². The third-order valence-corrected chi connectivity index (χ3v) is 2.85. The van der Waals surface area contributed by atoms with Crippen molar-refractivity contribution >= 4 is 11.8 Å². The second-order valence-corrected chi connectivity index (χ2v) is 3.71. The third-order valence-electron chi connectivity index (χ3n) is 2.85. The van der Waals surface area contributed by atoms with Gasteiger partial charge in [0.15, 0.2) is 0 Å². The van der Waals surface area contributed by atoms with Crippen LogP contribution in [0.3, 0.4) is 0 Å². The molecule has 0 saturated carbocycles. The zero-order valence-corrected chi connectivity index (χ0v) is 7.09. The molecule has 12 heavy (non-hydrogen) atoms. The van der Waals surface area contributed by atoms with Crippen molar-refractivity contribution in [3.8, 4) is 0 Å². The van der Waals surface area contributed by atoms with Gasteiger partial charge in [0.25, 0.3) is 0 Å². The average Bonchev–Trinajstić information content (AvgIpc) is 2.53. The summed E-state index contributed by atoms with van der Waals surface area (Å²) in [5, 5.41) is 2.72. The van der Waals surface area contributed by atoms with Crippen molar-refractivity contribution in [1.29, 1.82) is 0 Å². The zero-order valence-electron chi connectivity index (χ0n) is 7.09. The molecular formula is C8H12N2O2. The lowest BCUT2D eigenvalue weighted by molar-refractivity contribution is -0.135. The zero-order chi connectivity index (χ0) is 8.77. The number of hydrogen-bond donors (Lipinski definition) is 1. The van der Waals surface area contributed by atoms with E-state index < -0.39 is 0 Å². The van der Waals surface area contributed by atoms with Crippen LogP contribution in [-0.4, -0.2) is 36.9 Å². The van der Waals surface area contributed by atoms with Crippen molar-refractivity contribution in [2.75, 3.05) is 20.1 Å². The minimum Gasteiger partial charge on any atom is -0.355 e. The lowest BCUT2D eigenvalue weighted by Crippen LogP contribution is -2.34. The van der Waals surface area contributed by atoms with E-state index in [9.17, 15) is 9.59 Å². The molecule has 1 unspecified atom stereocenters. The van der Waals surface area contributed by atoms with Crippen LogP contribution in [0.5, 0.6) is 0 Å². The van der Waals surface area contributed by atoms with Gasteiger partial charge < -0.3 is 10.2 Å². The monoisotopic (exact) mass is 168 g/mol. The normalized spacial score (nSPS) is 34.9. The van der Waals surface area contributed by atoms with E-state index in [1.165, 1.54) is 0 Å². The molecule has 1 spiro atoms. The van der Waals surface area contributed by atoms with Crippen molar-refractivity contribution in [2.45, 2.75) is 12.8 Å². The Hall–Kier alpha value is -1.06. The summed E-state index contributed by atoms with van der Waals surface area (Å²) in [5.74, 6) is 0.138. The number of nitrogens with zero attached hydrogens (tertiary/aromatic N) is 1. The standard InChI is InChI=1S/C8H12N2O2/c1-10-3-2-8(7(10)12)4-6(11)9-5-8/h2-5H2,1H3,(H,9,11). The summed E-state index contributed by atoms with van der Waals surface area (Å²) >= 11 is 0. The Balaban J connectivity index is 2.23. The third kappa shape index (κ3) is 0.838. The van der Waals surface area contributed by atoms with Crippen molar-refractivity contribution in [1.82, 2.24) is 10.2 Å². The van der Waals surface area contributed by atoms with E-state index in [4.69, 9.17) is 0 Å². The van der Waals surface area contributed by atoms with E-state index in [0.29, 0.717) is 13.0 Å². The van der Waals surface area contributed by atoms with Crippen molar-refractivity contribution in [3.63, 3.8) is 0 Å². The highest BCUT2D eigenvalue weighted by atomic mass is 16.2. The maximum Gasteiger partial charge on any atom is 0.230 e. The van der Waals surface area contributed by atoms with Gasteiger partial charge in [-0.2, -0.15) is 0 Å². The molecule has 0 radical (unpaired) electrons. The number of nitrogens with one attached hydrogen (secondary N) is 1. The van der Waals surface area contributed by atoms with Gasteiger partial charge >= 0.3 is 0 Å². The molecule has 0 aromatic rings. The number of carbonyl (C=O) groups is 2. The van der Waals surface area contributed by atoms with Gasteiger partial charge in [-0.05, 0) is 6.42 Å². The molecule has 66 valence electrons. The van der Waals surface area contributed by atoms with Gasteiger partial charge in [0.1, 0.15) is 0 Å².